The van der Waals surface area contributed by atoms with Gasteiger partial charge in [0, 0.05) is 20.3 Å². The first-order chi connectivity index (χ1) is 9.92. The summed E-state index contributed by atoms with van der Waals surface area (Å²) in [6.45, 7) is 0. The van der Waals surface area contributed by atoms with Gasteiger partial charge in [0.15, 0.2) is 0 Å². The molecule has 0 aliphatic heterocycles. The predicted molar refractivity (Wildman–Crippen MR) is 91.9 cm³/mol. The monoisotopic (exact) mass is 306 g/mol. The topological polar surface area (TPSA) is 0 Å². The minimum Gasteiger partial charge on any atom is -0.122 e. The van der Waals surface area contributed by atoms with Gasteiger partial charge >= 0.3 is 0 Å². The third-order valence-corrected chi connectivity index (χ3v) is 7.50. The van der Waals surface area contributed by atoms with Crippen LogP contribution in [0.25, 0.3) is 0 Å². The Morgan fingerprint density at radius 3 is 1.40 bits per heavy atom. The molecule has 0 spiro atoms. The van der Waals surface area contributed by atoms with Gasteiger partial charge in [0.2, 0.25) is 0 Å². The number of benzene rings is 1. The molecule has 0 N–H and O–H groups in total. The summed E-state index contributed by atoms with van der Waals surface area (Å²) >= 11 is 4.32. The van der Waals surface area contributed by atoms with E-state index in [2.05, 4.69) is 47.8 Å². The highest BCUT2D eigenvalue weighted by molar-refractivity contribution is 8.03. The van der Waals surface area contributed by atoms with Gasteiger partial charge in [-0.05, 0) is 37.8 Å². The van der Waals surface area contributed by atoms with E-state index >= 15 is 0 Å². The lowest BCUT2D eigenvalue weighted by molar-refractivity contribution is 0.515. The molecule has 0 unspecified atom stereocenters. The van der Waals surface area contributed by atoms with Crippen molar-refractivity contribution in [3.05, 3.63) is 24.3 Å². The van der Waals surface area contributed by atoms with Gasteiger partial charge in [0.1, 0.15) is 0 Å². The molecular weight excluding hydrogens is 280 g/mol. The molecule has 2 fully saturated rings. The number of rotatable bonds is 4. The third-order valence-electron chi connectivity index (χ3n) is 4.54. The van der Waals surface area contributed by atoms with Crippen molar-refractivity contribution in [3.63, 3.8) is 0 Å². The van der Waals surface area contributed by atoms with Gasteiger partial charge in [0.05, 0.1) is 0 Å². The number of thioether (sulfide) groups is 2. The van der Waals surface area contributed by atoms with Gasteiger partial charge in [-0.15, -0.1) is 23.5 Å². The molecule has 2 saturated carbocycles. The molecule has 0 amide bonds. The van der Waals surface area contributed by atoms with E-state index in [0.717, 1.165) is 10.5 Å². The largest absolute Gasteiger partial charge is 0.122 e. The molecule has 3 rings (SSSR count). The predicted octanol–water partition coefficient (Wildman–Crippen LogP) is 6.54. The highest BCUT2D eigenvalue weighted by Crippen LogP contribution is 2.41. The third kappa shape index (κ3) is 4.21. The first kappa shape index (κ1) is 14.8. The lowest BCUT2D eigenvalue weighted by Crippen LogP contribution is -2.09. The zero-order valence-electron chi connectivity index (χ0n) is 12.4. The van der Waals surface area contributed by atoms with Crippen LogP contribution in [0.4, 0.5) is 0 Å². The molecule has 0 heterocycles. The summed E-state index contributed by atoms with van der Waals surface area (Å²) in [4.78, 5) is 3.10. The van der Waals surface area contributed by atoms with Crippen molar-refractivity contribution >= 4 is 23.5 Å². The molecule has 0 atom stereocenters. The molecule has 1 aromatic rings. The number of hydrogen-bond acceptors (Lipinski definition) is 2. The van der Waals surface area contributed by atoms with E-state index in [4.69, 9.17) is 0 Å². The van der Waals surface area contributed by atoms with Crippen LogP contribution >= 0.6 is 23.5 Å². The van der Waals surface area contributed by atoms with E-state index in [0.29, 0.717) is 0 Å². The van der Waals surface area contributed by atoms with E-state index in [1.54, 1.807) is 9.79 Å². The maximum Gasteiger partial charge on any atom is 0.0211 e. The summed E-state index contributed by atoms with van der Waals surface area (Å²) in [5.41, 5.74) is 0. The average Bonchev–Trinajstić information content (AvgIpc) is 2.51. The Bertz CT molecular complexity index is 365. The van der Waals surface area contributed by atoms with Crippen LogP contribution in [0.2, 0.25) is 0 Å². The summed E-state index contributed by atoms with van der Waals surface area (Å²) in [5.74, 6) is 0. The maximum atomic E-state index is 2.35. The normalized spacial score (nSPS) is 22.0. The van der Waals surface area contributed by atoms with Crippen molar-refractivity contribution < 1.29 is 0 Å². The molecule has 0 saturated heterocycles. The lowest BCUT2D eigenvalue weighted by Gasteiger charge is -2.24. The van der Waals surface area contributed by atoms with E-state index in [-0.39, 0.29) is 0 Å². The second kappa shape index (κ2) is 7.79. The Morgan fingerprint density at radius 2 is 1.00 bits per heavy atom. The fourth-order valence-corrected chi connectivity index (χ4v) is 6.20. The smallest absolute Gasteiger partial charge is 0.0211 e. The Balaban J connectivity index is 1.63. The minimum atomic E-state index is 0.872. The summed E-state index contributed by atoms with van der Waals surface area (Å²) < 4.78 is 0. The Kier molecular flexibility index (Phi) is 5.78. The molecule has 0 radical (unpaired) electrons. The van der Waals surface area contributed by atoms with Crippen LogP contribution in [0, 0.1) is 0 Å². The van der Waals surface area contributed by atoms with Crippen LogP contribution in [0.15, 0.2) is 34.1 Å². The van der Waals surface area contributed by atoms with Gasteiger partial charge in [-0.1, -0.05) is 50.7 Å². The van der Waals surface area contributed by atoms with Crippen LogP contribution in [0.3, 0.4) is 0 Å². The van der Waals surface area contributed by atoms with Crippen LogP contribution < -0.4 is 0 Å². The van der Waals surface area contributed by atoms with Gasteiger partial charge in [-0.2, -0.15) is 0 Å². The SMILES string of the molecule is c1ccc(SC2CCCCC2)c(SC2CCCCC2)c1. The molecule has 2 aliphatic rings. The first-order valence-electron chi connectivity index (χ1n) is 8.34. The van der Waals surface area contributed by atoms with Crippen molar-refractivity contribution in [3.8, 4) is 0 Å². The molecule has 20 heavy (non-hydrogen) atoms. The number of hydrogen-bond donors (Lipinski definition) is 0. The van der Waals surface area contributed by atoms with Crippen molar-refractivity contribution in [2.45, 2.75) is 84.5 Å². The van der Waals surface area contributed by atoms with Gasteiger partial charge < -0.3 is 0 Å². The molecule has 1 aromatic carbocycles. The fraction of sp³-hybridized carbons (Fsp3) is 0.667. The van der Waals surface area contributed by atoms with Crippen LogP contribution in [-0.4, -0.2) is 10.5 Å². The zero-order valence-corrected chi connectivity index (χ0v) is 14.0. The maximum absolute atomic E-state index is 2.35. The lowest BCUT2D eigenvalue weighted by atomic mass is 10.0. The van der Waals surface area contributed by atoms with Gasteiger partial charge in [0.25, 0.3) is 0 Å². The van der Waals surface area contributed by atoms with E-state index in [9.17, 15) is 0 Å². The second-order valence-corrected chi connectivity index (χ2v) is 8.89. The summed E-state index contributed by atoms with van der Waals surface area (Å²) in [7, 11) is 0. The Hall–Kier alpha value is -0.0800. The summed E-state index contributed by atoms with van der Waals surface area (Å²) in [5, 5.41) is 1.74. The molecular formula is C18H26S2. The molecule has 0 aromatic heterocycles. The van der Waals surface area contributed by atoms with Crippen molar-refractivity contribution in [1.82, 2.24) is 0 Å². The summed E-state index contributed by atoms with van der Waals surface area (Å²) in [6, 6.07) is 9.14. The van der Waals surface area contributed by atoms with Crippen molar-refractivity contribution in [1.29, 1.82) is 0 Å². The Labute approximate surface area is 132 Å². The van der Waals surface area contributed by atoms with Crippen LogP contribution in [0.5, 0.6) is 0 Å². The average molecular weight is 307 g/mol. The highest BCUT2D eigenvalue weighted by atomic mass is 32.2. The quantitative estimate of drug-likeness (QED) is 0.619. The van der Waals surface area contributed by atoms with Gasteiger partial charge in [-0.3, -0.25) is 0 Å². The minimum absolute atomic E-state index is 0.872. The molecule has 110 valence electrons. The van der Waals surface area contributed by atoms with E-state index < -0.39 is 0 Å². The van der Waals surface area contributed by atoms with E-state index in [1.807, 2.05) is 0 Å². The molecule has 0 bridgehead atoms. The summed E-state index contributed by atoms with van der Waals surface area (Å²) in [6.07, 6.45) is 14.4. The van der Waals surface area contributed by atoms with Crippen LogP contribution in [0.1, 0.15) is 64.2 Å². The van der Waals surface area contributed by atoms with E-state index in [1.165, 1.54) is 64.2 Å². The molecule has 2 aliphatic carbocycles. The zero-order chi connectivity index (χ0) is 13.6. The molecule has 2 heteroatoms. The standard InChI is InChI=1S/C18H26S2/c1-3-9-15(10-4-1)19-17-13-7-8-14-18(17)20-16-11-5-2-6-12-16/h7-8,13-16H,1-6,9-12H2. The van der Waals surface area contributed by atoms with Crippen molar-refractivity contribution in [2.24, 2.45) is 0 Å². The van der Waals surface area contributed by atoms with Crippen LogP contribution in [-0.2, 0) is 0 Å². The second-order valence-electron chi connectivity index (χ2n) is 6.20. The Morgan fingerprint density at radius 1 is 0.600 bits per heavy atom. The highest BCUT2D eigenvalue weighted by Gasteiger charge is 2.19. The molecule has 0 nitrogen and oxygen atoms in total. The van der Waals surface area contributed by atoms with Crippen molar-refractivity contribution in [2.75, 3.05) is 0 Å². The first-order valence-corrected chi connectivity index (χ1v) is 10.1. The fourth-order valence-electron chi connectivity index (χ4n) is 3.37. The van der Waals surface area contributed by atoms with Gasteiger partial charge in [-0.25, -0.2) is 0 Å².